The number of likely N-dealkylation sites (tertiary alicyclic amines) is 1. The van der Waals surface area contributed by atoms with Gasteiger partial charge in [0.05, 0.1) is 12.4 Å². The minimum absolute atomic E-state index is 0.751. The fourth-order valence-electron chi connectivity index (χ4n) is 2.71. The number of piperidine rings is 1. The van der Waals surface area contributed by atoms with E-state index in [4.69, 9.17) is 0 Å². The molecule has 0 amide bonds. The predicted octanol–water partition coefficient (Wildman–Crippen LogP) is 2.58. The normalized spacial score (nSPS) is 19.8. The van der Waals surface area contributed by atoms with Crippen molar-refractivity contribution in [3.05, 3.63) is 12.4 Å². The van der Waals surface area contributed by atoms with Crippen LogP contribution in [0.15, 0.2) is 12.4 Å². The van der Waals surface area contributed by atoms with Crippen LogP contribution in [-0.4, -0.2) is 47.1 Å². The second kappa shape index (κ2) is 8.04. The Labute approximate surface area is 122 Å². The lowest BCUT2D eigenvalue weighted by molar-refractivity contribution is 0.160. The van der Waals surface area contributed by atoms with Gasteiger partial charge in [-0.15, -0.1) is 0 Å². The number of rotatable bonds is 7. The number of hydrogen-bond donors (Lipinski definition) is 2. The molecule has 5 nitrogen and oxygen atoms in total. The van der Waals surface area contributed by atoms with E-state index in [1.54, 1.807) is 12.4 Å². The molecule has 2 heterocycles. The lowest BCUT2D eigenvalue weighted by Crippen LogP contribution is -2.38. The standard InChI is InChI=1S/C15H27N5/c1-3-17-14-11-16-12-15(19-14)18-8-6-10-20-9-5-4-7-13(20)2/h11-13H,3-10H2,1-2H3,(H2,17,18,19). The number of nitrogens with zero attached hydrogens (tertiary/aromatic N) is 3. The average Bonchev–Trinajstić information content (AvgIpc) is 2.46. The highest BCUT2D eigenvalue weighted by molar-refractivity contribution is 5.41. The summed E-state index contributed by atoms with van der Waals surface area (Å²) in [5.74, 6) is 1.69. The van der Waals surface area contributed by atoms with Crippen LogP contribution in [0, 0.1) is 0 Å². The molecule has 1 aliphatic heterocycles. The summed E-state index contributed by atoms with van der Waals surface area (Å²) in [6, 6.07) is 0.751. The highest BCUT2D eigenvalue weighted by atomic mass is 15.2. The lowest BCUT2D eigenvalue weighted by Gasteiger charge is -2.33. The third-order valence-electron chi connectivity index (χ3n) is 3.86. The first-order valence-corrected chi connectivity index (χ1v) is 7.83. The molecular weight excluding hydrogens is 250 g/mol. The summed E-state index contributed by atoms with van der Waals surface area (Å²) in [4.78, 5) is 11.3. The third-order valence-corrected chi connectivity index (χ3v) is 3.86. The van der Waals surface area contributed by atoms with Gasteiger partial charge in [-0.2, -0.15) is 0 Å². The minimum Gasteiger partial charge on any atom is -0.369 e. The van der Waals surface area contributed by atoms with E-state index in [-0.39, 0.29) is 0 Å². The van der Waals surface area contributed by atoms with E-state index in [1.807, 2.05) is 0 Å². The molecule has 1 aromatic heterocycles. The van der Waals surface area contributed by atoms with Crippen molar-refractivity contribution in [3.8, 4) is 0 Å². The Bertz CT molecular complexity index is 396. The Morgan fingerprint density at radius 2 is 2.05 bits per heavy atom. The molecular formula is C15H27N5. The molecule has 0 spiro atoms. The second-order valence-electron chi connectivity index (χ2n) is 5.48. The summed E-state index contributed by atoms with van der Waals surface area (Å²) in [5.41, 5.74) is 0. The van der Waals surface area contributed by atoms with Crippen LogP contribution in [-0.2, 0) is 0 Å². The minimum atomic E-state index is 0.751. The molecule has 0 radical (unpaired) electrons. The third kappa shape index (κ3) is 4.63. The molecule has 0 saturated carbocycles. The van der Waals surface area contributed by atoms with Gasteiger partial charge >= 0.3 is 0 Å². The number of aromatic nitrogens is 2. The van der Waals surface area contributed by atoms with E-state index in [1.165, 1.54) is 32.4 Å². The smallest absolute Gasteiger partial charge is 0.146 e. The summed E-state index contributed by atoms with van der Waals surface area (Å²) in [7, 11) is 0. The zero-order chi connectivity index (χ0) is 14.2. The van der Waals surface area contributed by atoms with E-state index < -0.39 is 0 Å². The first-order valence-electron chi connectivity index (χ1n) is 7.83. The van der Waals surface area contributed by atoms with Crippen LogP contribution in [0.4, 0.5) is 11.6 Å². The molecule has 1 saturated heterocycles. The van der Waals surface area contributed by atoms with Gasteiger partial charge in [-0.1, -0.05) is 6.42 Å². The first-order chi connectivity index (χ1) is 9.79. The molecule has 1 unspecified atom stereocenters. The van der Waals surface area contributed by atoms with Crippen molar-refractivity contribution in [1.29, 1.82) is 0 Å². The lowest BCUT2D eigenvalue weighted by atomic mass is 10.0. The maximum Gasteiger partial charge on any atom is 0.146 e. The molecule has 0 aliphatic carbocycles. The number of hydrogen-bond acceptors (Lipinski definition) is 5. The maximum atomic E-state index is 4.46. The Balaban J connectivity index is 1.68. The molecule has 112 valence electrons. The molecule has 1 aromatic rings. The van der Waals surface area contributed by atoms with Crippen LogP contribution in [0.1, 0.15) is 39.5 Å². The quantitative estimate of drug-likeness (QED) is 0.750. The first kappa shape index (κ1) is 15.0. The molecule has 1 fully saturated rings. The molecule has 0 bridgehead atoms. The van der Waals surface area contributed by atoms with Crippen molar-refractivity contribution in [2.75, 3.05) is 36.8 Å². The summed E-state index contributed by atoms with van der Waals surface area (Å²) in [6.07, 6.45) is 8.78. The predicted molar refractivity (Wildman–Crippen MR) is 84.2 cm³/mol. The molecule has 5 heteroatoms. The SMILES string of the molecule is CCNc1cncc(NCCCN2CCCCC2C)n1. The molecule has 1 atom stereocenters. The van der Waals surface area contributed by atoms with Crippen LogP contribution in [0.3, 0.4) is 0 Å². The Morgan fingerprint density at radius 1 is 1.25 bits per heavy atom. The van der Waals surface area contributed by atoms with Crippen molar-refractivity contribution in [2.24, 2.45) is 0 Å². The molecule has 1 aliphatic rings. The van der Waals surface area contributed by atoms with E-state index in [0.29, 0.717) is 0 Å². The van der Waals surface area contributed by atoms with Gasteiger partial charge < -0.3 is 15.5 Å². The van der Waals surface area contributed by atoms with Crippen LogP contribution >= 0.6 is 0 Å². The van der Waals surface area contributed by atoms with Gasteiger partial charge in [0, 0.05) is 25.7 Å². The van der Waals surface area contributed by atoms with Gasteiger partial charge in [0.2, 0.25) is 0 Å². The zero-order valence-corrected chi connectivity index (χ0v) is 12.7. The average molecular weight is 277 g/mol. The van der Waals surface area contributed by atoms with Gasteiger partial charge in [-0.3, -0.25) is 4.98 Å². The zero-order valence-electron chi connectivity index (χ0n) is 12.7. The monoisotopic (exact) mass is 277 g/mol. The molecule has 2 rings (SSSR count). The van der Waals surface area contributed by atoms with Crippen molar-refractivity contribution >= 4 is 11.6 Å². The van der Waals surface area contributed by atoms with Crippen molar-refractivity contribution < 1.29 is 0 Å². The van der Waals surface area contributed by atoms with Crippen LogP contribution in [0.5, 0.6) is 0 Å². The van der Waals surface area contributed by atoms with Gasteiger partial charge in [-0.05, 0) is 39.7 Å². The highest BCUT2D eigenvalue weighted by Gasteiger charge is 2.16. The Morgan fingerprint density at radius 3 is 2.80 bits per heavy atom. The Kier molecular flexibility index (Phi) is 6.05. The summed E-state index contributed by atoms with van der Waals surface area (Å²) in [6.45, 7) is 8.66. The van der Waals surface area contributed by atoms with Crippen LogP contribution in [0.2, 0.25) is 0 Å². The number of nitrogens with one attached hydrogen (secondary N) is 2. The maximum absolute atomic E-state index is 4.46. The fraction of sp³-hybridized carbons (Fsp3) is 0.733. The summed E-state index contributed by atoms with van der Waals surface area (Å²) >= 11 is 0. The van der Waals surface area contributed by atoms with Gasteiger partial charge in [0.25, 0.3) is 0 Å². The molecule has 20 heavy (non-hydrogen) atoms. The van der Waals surface area contributed by atoms with E-state index in [0.717, 1.165) is 37.2 Å². The fourth-order valence-corrected chi connectivity index (χ4v) is 2.71. The second-order valence-corrected chi connectivity index (χ2v) is 5.48. The largest absolute Gasteiger partial charge is 0.369 e. The van der Waals surface area contributed by atoms with Crippen molar-refractivity contribution in [1.82, 2.24) is 14.9 Å². The Hall–Kier alpha value is -1.36. The number of anilines is 2. The topological polar surface area (TPSA) is 53.1 Å². The molecule has 0 aromatic carbocycles. The van der Waals surface area contributed by atoms with E-state index in [9.17, 15) is 0 Å². The van der Waals surface area contributed by atoms with Crippen LogP contribution in [0.25, 0.3) is 0 Å². The molecule has 2 N–H and O–H groups in total. The van der Waals surface area contributed by atoms with Crippen molar-refractivity contribution in [2.45, 2.75) is 45.6 Å². The van der Waals surface area contributed by atoms with Gasteiger partial charge in [-0.25, -0.2) is 4.98 Å². The van der Waals surface area contributed by atoms with Crippen LogP contribution < -0.4 is 10.6 Å². The van der Waals surface area contributed by atoms with E-state index in [2.05, 4.69) is 39.3 Å². The van der Waals surface area contributed by atoms with E-state index >= 15 is 0 Å². The summed E-state index contributed by atoms with van der Waals surface area (Å²) < 4.78 is 0. The summed E-state index contributed by atoms with van der Waals surface area (Å²) in [5, 5.41) is 6.53. The highest BCUT2D eigenvalue weighted by Crippen LogP contribution is 2.16. The van der Waals surface area contributed by atoms with Crippen molar-refractivity contribution in [3.63, 3.8) is 0 Å². The van der Waals surface area contributed by atoms with Gasteiger partial charge in [0.15, 0.2) is 0 Å². The van der Waals surface area contributed by atoms with Gasteiger partial charge in [0.1, 0.15) is 11.6 Å².